The molecule has 0 N–H and O–H groups in total. The molecule has 0 aromatic carbocycles. The molecule has 148 valence electrons. The van der Waals surface area contributed by atoms with Crippen molar-refractivity contribution in [2.45, 2.75) is 51.9 Å². The molecule has 3 fully saturated rings. The van der Waals surface area contributed by atoms with Crippen molar-refractivity contribution in [3.63, 3.8) is 0 Å². The van der Waals surface area contributed by atoms with Gasteiger partial charge in [0.25, 0.3) is 0 Å². The Hall–Kier alpha value is -1.69. The molecule has 1 aromatic heterocycles. The van der Waals surface area contributed by atoms with E-state index >= 15 is 0 Å². The maximum Gasteiger partial charge on any atom is 0.225 e. The number of hydrogen-bond donors (Lipinski definition) is 0. The fraction of sp³-hybridized carbons (Fsp3) is 0.762. The number of anilines is 1. The largest absolute Gasteiger partial charge is 0.381 e. The van der Waals surface area contributed by atoms with Gasteiger partial charge in [0, 0.05) is 63.1 Å². The van der Waals surface area contributed by atoms with Gasteiger partial charge in [-0.3, -0.25) is 4.79 Å². The van der Waals surface area contributed by atoms with Gasteiger partial charge in [-0.1, -0.05) is 0 Å². The number of rotatable bonds is 3. The van der Waals surface area contributed by atoms with Gasteiger partial charge in [0.15, 0.2) is 0 Å². The molecule has 27 heavy (non-hydrogen) atoms. The number of carbonyl (C=O) groups excluding carboxylic acids is 1. The summed E-state index contributed by atoms with van der Waals surface area (Å²) in [6.07, 6.45) is 9.29. The summed E-state index contributed by atoms with van der Waals surface area (Å²) in [5.41, 5.74) is 1.21. The van der Waals surface area contributed by atoms with E-state index < -0.39 is 0 Å². The molecule has 0 bridgehead atoms. The third-order valence-electron chi connectivity index (χ3n) is 6.54. The van der Waals surface area contributed by atoms with Crippen LogP contribution in [0.1, 0.15) is 50.6 Å². The normalized spacial score (nSPS) is 27.1. The zero-order valence-electron chi connectivity index (χ0n) is 16.5. The lowest BCUT2D eigenvalue weighted by Gasteiger charge is -2.48. The number of nitrogens with zero attached hydrogens (tertiary/aromatic N) is 4. The van der Waals surface area contributed by atoms with E-state index in [1.54, 1.807) is 0 Å². The van der Waals surface area contributed by atoms with Gasteiger partial charge in [-0.05, 0) is 57.4 Å². The predicted molar refractivity (Wildman–Crippen MR) is 105 cm³/mol. The molecule has 3 aliphatic rings. The minimum Gasteiger partial charge on any atom is -0.381 e. The van der Waals surface area contributed by atoms with Crippen molar-refractivity contribution in [2.24, 2.45) is 11.3 Å². The molecule has 1 unspecified atom stereocenters. The zero-order chi connectivity index (χ0) is 18.7. The molecule has 3 saturated heterocycles. The van der Waals surface area contributed by atoms with Crippen LogP contribution < -0.4 is 4.90 Å². The Morgan fingerprint density at radius 3 is 2.78 bits per heavy atom. The average molecular weight is 373 g/mol. The Labute approximate surface area is 162 Å². The summed E-state index contributed by atoms with van der Waals surface area (Å²) in [5, 5.41) is 0. The number of piperidine rings is 2. The summed E-state index contributed by atoms with van der Waals surface area (Å²) in [4.78, 5) is 26.5. The van der Waals surface area contributed by atoms with E-state index in [9.17, 15) is 4.79 Å². The molecule has 1 aromatic rings. The number of aryl methyl sites for hydroxylation is 1. The number of amides is 1. The summed E-state index contributed by atoms with van der Waals surface area (Å²) in [6, 6.07) is 1.94. The van der Waals surface area contributed by atoms with Crippen molar-refractivity contribution in [3.8, 4) is 0 Å². The highest BCUT2D eigenvalue weighted by molar-refractivity contribution is 5.76. The summed E-state index contributed by atoms with van der Waals surface area (Å²) in [6.45, 7) is 7.45. The first kappa shape index (κ1) is 18.7. The SMILES string of the molecule is Cc1ccnc(N2CCCC3(CCCN(C(=O)CC4CCOCC4)C3)C2)n1. The highest BCUT2D eigenvalue weighted by Crippen LogP contribution is 2.39. The molecular formula is C21H32N4O2. The van der Waals surface area contributed by atoms with Gasteiger partial charge in [0.1, 0.15) is 0 Å². The van der Waals surface area contributed by atoms with Crippen molar-refractivity contribution in [3.05, 3.63) is 18.0 Å². The van der Waals surface area contributed by atoms with Gasteiger partial charge in [-0.25, -0.2) is 9.97 Å². The fourth-order valence-electron chi connectivity index (χ4n) is 5.05. The van der Waals surface area contributed by atoms with E-state index in [1.165, 1.54) is 12.8 Å². The number of aromatic nitrogens is 2. The highest BCUT2D eigenvalue weighted by Gasteiger charge is 2.41. The summed E-state index contributed by atoms with van der Waals surface area (Å²) < 4.78 is 5.44. The lowest BCUT2D eigenvalue weighted by atomic mass is 9.73. The minimum absolute atomic E-state index is 0.203. The second-order valence-corrected chi connectivity index (χ2v) is 8.70. The molecule has 1 amide bonds. The van der Waals surface area contributed by atoms with Crippen LogP contribution in [0.5, 0.6) is 0 Å². The molecule has 4 heterocycles. The van der Waals surface area contributed by atoms with Gasteiger partial charge in [0.05, 0.1) is 0 Å². The number of carbonyl (C=O) groups is 1. The molecule has 6 heteroatoms. The van der Waals surface area contributed by atoms with E-state index in [0.29, 0.717) is 18.2 Å². The van der Waals surface area contributed by atoms with Crippen molar-refractivity contribution >= 4 is 11.9 Å². The standard InChI is InChI=1S/C21H32N4O2/c1-17-4-9-22-20(23-17)25-11-3-8-21(16-25)7-2-10-24(15-21)19(26)14-18-5-12-27-13-6-18/h4,9,18H,2-3,5-8,10-16H2,1H3. The van der Waals surface area contributed by atoms with Crippen LogP contribution in [0.2, 0.25) is 0 Å². The van der Waals surface area contributed by atoms with Gasteiger partial charge in [0.2, 0.25) is 11.9 Å². The van der Waals surface area contributed by atoms with Crippen molar-refractivity contribution in [2.75, 3.05) is 44.3 Å². The van der Waals surface area contributed by atoms with E-state index in [4.69, 9.17) is 4.74 Å². The van der Waals surface area contributed by atoms with Crippen molar-refractivity contribution in [1.29, 1.82) is 0 Å². The molecule has 4 rings (SSSR count). The lowest BCUT2D eigenvalue weighted by molar-refractivity contribution is -0.136. The second-order valence-electron chi connectivity index (χ2n) is 8.70. The van der Waals surface area contributed by atoms with E-state index in [0.717, 1.165) is 76.7 Å². The maximum absolute atomic E-state index is 12.9. The second kappa shape index (κ2) is 8.13. The van der Waals surface area contributed by atoms with Crippen LogP contribution in [0, 0.1) is 18.3 Å². The van der Waals surface area contributed by atoms with Crippen LogP contribution in [0.4, 0.5) is 5.95 Å². The van der Waals surface area contributed by atoms with Crippen LogP contribution >= 0.6 is 0 Å². The van der Waals surface area contributed by atoms with Gasteiger partial charge < -0.3 is 14.5 Å². The van der Waals surface area contributed by atoms with Crippen LogP contribution in [0.15, 0.2) is 12.3 Å². The zero-order valence-corrected chi connectivity index (χ0v) is 16.5. The number of likely N-dealkylation sites (tertiary alicyclic amines) is 1. The smallest absolute Gasteiger partial charge is 0.225 e. The lowest BCUT2D eigenvalue weighted by Crippen LogP contribution is -2.54. The Morgan fingerprint density at radius 1 is 1.22 bits per heavy atom. The van der Waals surface area contributed by atoms with E-state index in [1.807, 2.05) is 19.2 Å². The Bertz CT molecular complexity index is 657. The van der Waals surface area contributed by atoms with E-state index in [-0.39, 0.29) is 5.41 Å². The molecule has 0 aliphatic carbocycles. The first-order valence-electron chi connectivity index (χ1n) is 10.5. The predicted octanol–water partition coefficient (Wildman–Crippen LogP) is 2.81. The van der Waals surface area contributed by atoms with Crippen LogP contribution in [-0.4, -0.2) is 60.2 Å². The fourth-order valence-corrected chi connectivity index (χ4v) is 5.05. The van der Waals surface area contributed by atoms with Crippen molar-refractivity contribution in [1.82, 2.24) is 14.9 Å². The van der Waals surface area contributed by atoms with Crippen LogP contribution in [0.3, 0.4) is 0 Å². The van der Waals surface area contributed by atoms with Gasteiger partial charge >= 0.3 is 0 Å². The number of ether oxygens (including phenoxy) is 1. The monoisotopic (exact) mass is 372 g/mol. The molecule has 1 spiro atoms. The molecule has 0 saturated carbocycles. The topological polar surface area (TPSA) is 58.6 Å². The first-order chi connectivity index (χ1) is 13.1. The van der Waals surface area contributed by atoms with Crippen molar-refractivity contribution < 1.29 is 9.53 Å². The number of hydrogen-bond acceptors (Lipinski definition) is 5. The first-order valence-corrected chi connectivity index (χ1v) is 10.5. The third-order valence-corrected chi connectivity index (χ3v) is 6.54. The minimum atomic E-state index is 0.203. The maximum atomic E-state index is 12.9. The average Bonchev–Trinajstić information content (AvgIpc) is 2.69. The summed E-state index contributed by atoms with van der Waals surface area (Å²) in [5.74, 6) is 1.71. The molecule has 1 atom stereocenters. The quantitative estimate of drug-likeness (QED) is 0.817. The van der Waals surface area contributed by atoms with Gasteiger partial charge in [-0.15, -0.1) is 0 Å². The molecule has 6 nitrogen and oxygen atoms in total. The van der Waals surface area contributed by atoms with E-state index in [2.05, 4.69) is 19.8 Å². The summed E-state index contributed by atoms with van der Waals surface area (Å²) in [7, 11) is 0. The highest BCUT2D eigenvalue weighted by atomic mass is 16.5. The Morgan fingerprint density at radius 2 is 2.00 bits per heavy atom. The summed E-state index contributed by atoms with van der Waals surface area (Å²) >= 11 is 0. The molecule has 0 radical (unpaired) electrons. The Balaban J connectivity index is 1.40. The molecular weight excluding hydrogens is 340 g/mol. The van der Waals surface area contributed by atoms with Crippen LogP contribution in [0.25, 0.3) is 0 Å². The molecule has 3 aliphatic heterocycles. The van der Waals surface area contributed by atoms with Crippen LogP contribution in [-0.2, 0) is 9.53 Å². The third kappa shape index (κ3) is 4.42. The van der Waals surface area contributed by atoms with Gasteiger partial charge in [-0.2, -0.15) is 0 Å². The Kier molecular flexibility index (Phi) is 5.62.